The van der Waals surface area contributed by atoms with E-state index >= 15 is 0 Å². The maximum absolute atomic E-state index is 13.0. The number of rotatable bonds is 3. The molecular weight excluding hydrogens is 532 g/mol. The van der Waals surface area contributed by atoms with Gasteiger partial charge in [-0.05, 0) is 133 Å². The molecule has 236 valence electrons. The lowest BCUT2D eigenvalue weighted by Gasteiger charge is -2.71. The van der Waals surface area contributed by atoms with Crippen molar-refractivity contribution in [3.8, 4) is 11.5 Å². The van der Waals surface area contributed by atoms with Gasteiger partial charge in [0.05, 0.1) is 0 Å². The van der Waals surface area contributed by atoms with Crippen molar-refractivity contribution in [2.24, 2.45) is 56.7 Å². The maximum atomic E-state index is 13.0. The van der Waals surface area contributed by atoms with Crippen LogP contribution in [0, 0.1) is 56.7 Å². The second kappa shape index (κ2) is 10.1. The van der Waals surface area contributed by atoms with Crippen LogP contribution in [-0.4, -0.2) is 22.3 Å². The number of esters is 1. The third-order valence-corrected chi connectivity index (χ3v) is 15.0. The molecule has 5 aliphatic rings. The van der Waals surface area contributed by atoms with Gasteiger partial charge in [-0.25, -0.2) is 4.79 Å². The number of fused-ring (bicyclic) bond motifs is 7. The van der Waals surface area contributed by atoms with Gasteiger partial charge in [-0.15, -0.1) is 0 Å². The fourth-order valence-electron chi connectivity index (χ4n) is 12.0. The Balaban J connectivity index is 1.24. The first-order chi connectivity index (χ1) is 20.1. The van der Waals surface area contributed by atoms with E-state index < -0.39 is 0 Å². The zero-order chi connectivity index (χ0) is 31.2. The molecule has 0 bridgehead atoms. The molecule has 4 saturated carbocycles. The first kappa shape index (κ1) is 30.8. The predicted octanol–water partition coefficient (Wildman–Crippen LogP) is 9.70. The first-order valence-corrected chi connectivity index (χ1v) is 17.2. The first-order valence-electron chi connectivity index (χ1n) is 17.2. The zero-order valence-corrected chi connectivity index (χ0v) is 28.0. The normalized spacial score (nSPS) is 45.3. The summed E-state index contributed by atoms with van der Waals surface area (Å²) >= 11 is 0. The van der Waals surface area contributed by atoms with Gasteiger partial charge in [0.25, 0.3) is 0 Å². The molecule has 0 saturated heterocycles. The van der Waals surface area contributed by atoms with Crippen molar-refractivity contribution in [3.63, 3.8) is 0 Å². The van der Waals surface area contributed by atoms with Gasteiger partial charge in [-0.1, -0.05) is 73.1 Å². The third-order valence-electron chi connectivity index (χ3n) is 15.0. The number of carbonyl (C=O) groups excluding carboxylic acids is 1. The summed E-state index contributed by atoms with van der Waals surface area (Å²) in [5.41, 5.74) is 3.60. The van der Waals surface area contributed by atoms with E-state index in [0.29, 0.717) is 28.2 Å². The molecule has 0 unspecified atom stereocenters. The number of phenols is 2. The standard InChI is InChI=1S/C39H56O4/c1-24-15-18-36(5)21-22-38(7)27(34(36)25(24)2)11-13-31-37(6)19-17-32(35(3,4)30(37)16-20-39(31,38)8)43-33(42)14-10-26-9-12-28(40)29(41)23-26/h9-12,14,23-25,30-32,34,40-41H,13,15-22H2,1-8H3/b14-10+/t24-,25+,30+,31-,32+,34+,36-,37+,38-,39-/m1/s1. The molecule has 0 radical (unpaired) electrons. The molecular formula is C39H56O4. The summed E-state index contributed by atoms with van der Waals surface area (Å²) in [6.45, 7) is 20.3. The van der Waals surface area contributed by atoms with Crippen LogP contribution in [0.2, 0.25) is 0 Å². The number of ether oxygens (including phenoxy) is 1. The van der Waals surface area contributed by atoms with Gasteiger partial charge in [0, 0.05) is 11.5 Å². The molecule has 10 atom stereocenters. The van der Waals surface area contributed by atoms with Crippen LogP contribution in [0.15, 0.2) is 35.9 Å². The van der Waals surface area contributed by atoms with E-state index in [1.807, 2.05) is 5.57 Å². The van der Waals surface area contributed by atoms with Crippen molar-refractivity contribution in [2.75, 3.05) is 0 Å². The molecule has 4 nitrogen and oxygen atoms in total. The van der Waals surface area contributed by atoms with Crippen LogP contribution in [0.25, 0.3) is 6.08 Å². The number of hydrogen-bond acceptors (Lipinski definition) is 4. The van der Waals surface area contributed by atoms with Gasteiger partial charge in [0.1, 0.15) is 6.10 Å². The summed E-state index contributed by atoms with van der Waals surface area (Å²) in [6, 6.07) is 4.54. The van der Waals surface area contributed by atoms with Crippen molar-refractivity contribution < 1.29 is 19.7 Å². The van der Waals surface area contributed by atoms with E-state index in [2.05, 4.69) is 61.5 Å². The average molecular weight is 589 g/mol. The fourth-order valence-corrected chi connectivity index (χ4v) is 12.0. The second-order valence-electron chi connectivity index (χ2n) is 17.2. The topological polar surface area (TPSA) is 66.8 Å². The van der Waals surface area contributed by atoms with Crippen LogP contribution in [0.5, 0.6) is 11.5 Å². The van der Waals surface area contributed by atoms with Gasteiger partial charge in [-0.3, -0.25) is 0 Å². The van der Waals surface area contributed by atoms with Crippen molar-refractivity contribution in [2.45, 2.75) is 119 Å². The van der Waals surface area contributed by atoms with Gasteiger partial charge in [0.15, 0.2) is 11.5 Å². The number of phenolic OH excluding ortho intramolecular Hbond substituents is 2. The minimum absolute atomic E-state index is 0.113. The highest BCUT2D eigenvalue weighted by atomic mass is 16.5. The summed E-state index contributed by atoms with van der Waals surface area (Å²) in [7, 11) is 0. The average Bonchev–Trinajstić information content (AvgIpc) is 2.94. The lowest BCUT2D eigenvalue weighted by atomic mass is 9.33. The smallest absolute Gasteiger partial charge is 0.331 e. The largest absolute Gasteiger partial charge is 0.504 e. The summed E-state index contributed by atoms with van der Waals surface area (Å²) in [6.07, 6.45) is 16.9. The van der Waals surface area contributed by atoms with Crippen LogP contribution >= 0.6 is 0 Å². The lowest BCUT2D eigenvalue weighted by molar-refractivity contribution is -0.211. The molecule has 1 aromatic carbocycles. The predicted molar refractivity (Wildman–Crippen MR) is 173 cm³/mol. The molecule has 4 fully saturated rings. The third kappa shape index (κ3) is 4.46. The van der Waals surface area contributed by atoms with Gasteiger partial charge < -0.3 is 14.9 Å². The molecule has 0 aromatic heterocycles. The van der Waals surface area contributed by atoms with Crippen molar-refractivity contribution in [3.05, 3.63) is 41.5 Å². The summed E-state index contributed by atoms with van der Waals surface area (Å²) < 4.78 is 6.19. The molecule has 0 aliphatic heterocycles. The summed E-state index contributed by atoms with van der Waals surface area (Å²) in [4.78, 5) is 13.0. The molecule has 0 amide bonds. The molecule has 0 heterocycles. The Hall–Kier alpha value is -2.23. The van der Waals surface area contributed by atoms with E-state index in [-0.39, 0.29) is 39.8 Å². The number of allylic oxidation sites excluding steroid dienone is 2. The molecule has 5 aliphatic carbocycles. The number of aromatic hydroxyl groups is 2. The Morgan fingerprint density at radius 3 is 2.35 bits per heavy atom. The van der Waals surface area contributed by atoms with Crippen LogP contribution in [0.4, 0.5) is 0 Å². The summed E-state index contributed by atoms with van der Waals surface area (Å²) in [5, 5.41) is 19.4. The van der Waals surface area contributed by atoms with Gasteiger partial charge in [0.2, 0.25) is 0 Å². The minimum Gasteiger partial charge on any atom is -0.504 e. The number of carbonyl (C=O) groups is 1. The second-order valence-corrected chi connectivity index (χ2v) is 17.2. The van der Waals surface area contributed by atoms with Crippen LogP contribution < -0.4 is 0 Å². The molecule has 6 rings (SSSR count). The van der Waals surface area contributed by atoms with E-state index in [9.17, 15) is 15.0 Å². The Morgan fingerprint density at radius 2 is 1.63 bits per heavy atom. The highest BCUT2D eigenvalue weighted by Gasteiger charge is 2.68. The number of benzene rings is 1. The minimum atomic E-state index is -0.339. The SMILES string of the molecule is C[C@H]1[C@H](C)CC[C@]2(C)CC[C@]3(C)C(=CC[C@@H]4[C@@]5(C)CC[C@H](OC(=O)/C=C/c6ccc(O)c(O)c6)C(C)(C)[C@@H]5CC[C@]43C)[C@H]12. The van der Waals surface area contributed by atoms with E-state index in [0.717, 1.165) is 30.6 Å². The quantitative estimate of drug-likeness (QED) is 0.160. The Morgan fingerprint density at radius 1 is 0.884 bits per heavy atom. The highest BCUT2D eigenvalue weighted by Crippen LogP contribution is 2.75. The van der Waals surface area contributed by atoms with Crippen LogP contribution in [0.1, 0.15) is 119 Å². The van der Waals surface area contributed by atoms with Crippen molar-refractivity contribution in [1.82, 2.24) is 0 Å². The summed E-state index contributed by atoms with van der Waals surface area (Å²) in [5.74, 6) is 2.73. The monoisotopic (exact) mass is 588 g/mol. The van der Waals surface area contributed by atoms with Gasteiger partial charge in [-0.2, -0.15) is 0 Å². The molecule has 1 aromatic rings. The van der Waals surface area contributed by atoms with Gasteiger partial charge >= 0.3 is 5.97 Å². The van der Waals surface area contributed by atoms with E-state index in [4.69, 9.17) is 4.74 Å². The Bertz CT molecular complexity index is 1340. The Labute approximate surface area is 260 Å². The fraction of sp³-hybridized carbons (Fsp3) is 0.718. The zero-order valence-electron chi connectivity index (χ0n) is 28.0. The van der Waals surface area contributed by atoms with Crippen LogP contribution in [0.3, 0.4) is 0 Å². The van der Waals surface area contributed by atoms with Crippen LogP contribution in [-0.2, 0) is 9.53 Å². The molecule has 4 heteroatoms. The van der Waals surface area contributed by atoms with E-state index in [1.54, 1.807) is 12.1 Å². The van der Waals surface area contributed by atoms with E-state index in [1.165, 1.54) is 63.2 Å². The van der Waals surface area contributed by atoms with Crippen molar-refractivity contribution in [1.29, 1.82) is 0 Å². The van der Waals surface area contributed by atoms with Crippen molar-refractivity contribution >= 4 is 12.0 Å². The Kier molecular flexibility index (Phi) is 7.26. The molecule has 2 N–H and O–H groups in total. The maximum Gasteiger partial charge on any atom is 0.331 e. The lowest BCUT2D eigenvalue weighted by Crippen LogP contribution is -2.65. The highest BCUT2D eigenvalue weighted by molar-refractivity contribution is 5.87. The number of hydrogen-bond donors (Lipinski definition) is 2. The molecule has 0 spiro atoms. The molecule has 43 heavy (non-hydrogen) atoms.